The molecule has 0 fully saturated rings. The van der Waals surface area contributed by atoms with Gasteiger partial charge in [0.2, 0.25) is 13.6 Å². The van der Waals surface area contributed by atoms with Gasteiger partial charge in [-0.25, -0.2) is 23.2 Å². The van der Waals surface area contributed by atoms with Crippen molar-refractivity contribution < 1.29 is 46.7 Å². The predicted molar refractivity (Wildman–Crippen MR) is 152 cm³/mol. The topological polar surface area (TPSA) is 124 Å². The molecule has 0 saturated heterocycles. The number of carbonyl (C=O) groups is 2. The van der Waals surface area contributed by atoms with Gasteiger partial charge in [-0.3, -0.25) is 4.52 Å². The van der Waals surface area contributed by atoms with Gasteiger partial charge in [-0.15, -0.1) is 0 Å². The van der Waals surface area contributed by atoms with E-state index in [1.54, 1.807) is 65.2 Å². The lowest BCUT2D eigenvalue weighted by molar-refractivity contribution is -0.0289. The van der Waals surface area contributed by atoms with Crippen LogP contribution in [0.5, 0.6) is 11.5 Å². The molecule has 12 nitrogen and oxygen atoms in total. The fraction of sp³-hybridized carbons (Fsp3) is 0.241. The molecular weight excluding hydrogens is 567 g/mol. The van der Waals surface area contributed by atoms with Gasteiger partial charge in [-0.2, -0.15) is 0 Å². The standard InChI is InChI=1S/C29H31N2O10P/c1-30(2)18-17-23-19-31(27-16-10-9-15-26(23)27)20-37-42(34,38-21-35-28(32)40-24-11-5-3-6-12-24)39-22-36-29(33)41-25-13-7-4-8-14-25/h3-16,19H,17-18,20-22H2,1-2H3. The van der Waals surface area contributed by atoms with Crippen LogP contribution in [0.3, 0.4) is 0 Å². The highest BCUT2D eigenvalue weighted by Crippen LogP contribution is 2.50. The van der Waals surface area contributed by atoms with Gasteiger partial charge in [-0.05, 0) is 56.4 Å². The van der Waals surface area contributed by atoms with Crippen molar-refractivity contribution in [2.75, 3.05) is 34.2 Å². The zero-order valence-electron chi connectivity index (χ0n) is 23.1. The first-order valence-electron chi connectivity index (χ1n) is 12.9. The van der Waals surface area contributed by atoms with Gasteiger partial charge < -0.3 is 28.4 Å². The quantitative estimate of drug-likeness (QED) is 0.0712. The van der Waals surface area contributed by atoms with Crippen molar-refractivity contribution in [3.05, 3.63) is 96.7 Å². The third kappa shape index (κ3) is 9.44. The Hall–Kier alpha value is -4.19. The number of rotatable bonds is 14. The number of nitrogens with zero attached hydrogens (tertiary/aromatic N) is 2. The number of carbonyl (C=O) groups excluding carboxylic acids is 2. The number of hydrogen-bond acceptors (Lipinski definition) is 11. The van der Waals surface area contributed by atoms with Crippen LogP contribution in [0.15, 0.2) is 91.1 Å². The molecule has 13 heteroatoms. The van der Waals surface area contributed by atoms with Crippen LogP contribution in [0.1, 0.15) is 5.56 Å². The van der Waals surface area contributed by atoms with Crippen LogP contribution >= 0.6 is 7.82 Å². The molecule has 4 aromatic rings. The first-order valence-corrected chi connectivity index (χ1v) is 14.3. The molecule has 0 atom stereocenters. The van der Waals surface area contributed by atoms with Crippen molar-refractivity contribution in [3.63, 3.8) is 0 Å². The summed E-state index contributed by atoms with van der Waals surface area (Å²) in [5.74, 6) is 0.487. The van der Waals surface area contributed by atoms with Gasteiger partial charge in [0, 0.05) is 18.1 Å². The number of ether oxygens (including phenoxy) is 4. The summed E-state index contributed by atoms with van der Waals surface area (Å²) in [4.78, 5) is 26.1. The molecule has 0 N–H and O–H groups in total. The molecule has 4 rings (SSSR count). The van der Waals surface area contributed by atoms with Crippen LogP contribution in [0.4, 0.5) is 9.59 Å². The molecule has 0 amide bonds. The molecule has 0 aliphatic heterocycles. The van der Waals surface area contributed by atoms with Gasteiger partial charge >= 0.3 is 20.1 Å². The minimum Gasteiger partial charge on any atom is -0.406 e. The van der Waals surface area contributed by atoms with Crippen molar-refractivity contribution in [2.45, 2.75) is 13.2 Å². The molecule has 1 heterocycles. The normalized spacial score (nSPS) is 11.4. The van der Waals surface area contributed by atoms with E-state index in [4.69, 9.17) is 32.5 Å². The van der Waals surface area contributed by atoms with Gasteiger partial charge in [0.25, 0.3) is 0 Å². The average Bonchev–Trinajstić information content (AvgIpc) is 3.34. The molecule has 3 aromatic carbocycles. The second kappa shape index (κ2) is 15.2. The molecule has 0 aliphatic carbocycles. The summed E-state index contributed by atoms with van der Waals surface area (Å²) < 4.78 is 50.9. The van der Waals surface area contributed by atoms with Crippen LogP contribution in [0, 0.1) is 0 Å². The van der Waals surface area contributed by atoms with Crippen molar-refractivity contribution >= 4 is 31.0 Å². The van der Waals surface area contributed by atoms with E-state index in [9.17, 15) is 14.2 Å². The maximum Gasteiger partial charge on any atom is 0.515 e. The maximum absolute atomic E-state index is 13.5. The van der Waals surface area contributed by atoms with Gasteiger partial charge in [0.15, 0.2) is 0 Å². The summed E-state index contributed by atoms with van der Waals surface area (Å²) >= 11 is 0. The maximum atomic E-state index is 13.5. The summed E-state index contributed by atoms with van der Waals surface area (Å²) in [6, 6.07) is 24.1. The molecule has 0 bridgehead atoms. The van der Waals surface area contributed by atoms with Gasteiger partial charge in [0.1, 0.15) is 18.2 Å². The number of phosphoric ester groups is 1. The van der Waals surface area contributed by atoms with E-state index in [0.29, 0.717) is 0 Å². The van der Waals surface area contributed by atoms with E-state index in [1.807, 2.05) is 44.6 Å². The van der Waals surface area contributed by atoms with Gasteiger partial charge in [0.05, 0.1) is 5.52 Å². The summed E-state index contributed by atoms with van der Waals surface area (Å²) in [7, 11) is -0.479. The Morgan fingerprint density at radius 2 is 1.26 bits per heavy atom. The SMILES string of the molecule is CN(C)CCc1cn(COP(=O)(OCOC(=O)Oc2ccccc2)OCOC(=O)Oc2ccccc2)c2ccccc12. The fourth-order valence-electron chi connectivity index (χ4n) is 3.72. The number of aromatic nitrogens is 1. The lowest BCUT2D eigenvalue weighted by atomic mass is 10.1. The second-order valence-electron chi connectivity index (χ2n) is 9.01. The third-order valence-electron chi connectivity index (χ3n) is 5.72. The Morgan fingerprint density at radius 3 is 1.81 bits per heavy atom. The average molecular weight is 599 g/mol. The van der Waals surface area contributed by atoms with Crippen molar-refractivity contribution in [2.24, 2.45) is 0 Å². The molecule has 0 aliphatic rings. The van der Waals surface area contributed by atoms with E-state index < -0.39 is 33.7 Å². The molecule has 0 unspecified atom stereocenters. The molecule has 1 aromatic heterocycles. The van der Waals surface area contributed by atoms with Crippen molar-refractivity contribution in [1.29, 1.82) is 0 Å². The van der Waals surface area contributed by atoms with E-state index in [-0.39, 0.29) is 18.2 Å². The lowest BCUT2D eigenvalue weighted by Crippen LogP contribution is -2.16. The highest BCUT2D eigenvalue weighted by atomic mass is 31.2. The summed E-state index contributed by atoms with van der Waals surface area (Å²) in [6.45, 7) is -1.09. The van der Waals surface area contributed by atoms with Crippen LogP contribution < -0.4 is 9.47 Å². The van der Waals surface area contributed by atoms with Crippen LogP contribution in [0.2, 0.25) is 0 Å². The van der Waals surface area contributed by atoms with E-state index in [2.05, 4.69) is 4.90 Å². The predicted octanol–water partition coefficient (Wildman–Crippen LogP) is 6.21. The summed E-state index contributed by atoms with van der Waals surface area (Å²) in [5.41, 5.74) is 1.90. The first kappa shape index (κ1) is 30.8. The minimum atomic E-state index is -4.46. The summed E-state index contributed by atoms with van der Waals surface area (Å²) in [6.07, 6.45) is 0.467. The highest BCUT2D eigenvalue weighted by Gasteiger charge is 2.29. The monoisotopic (exact) mass is 598 g/mol. The number of phosphoric acid groups is 1. The van der Waals surface area contributed by atoms with E-state index >= 15 is 0 Å². The number of benzene rings is 3. The Morgan fingerprint density at radius 1 is 0.738 bits per heavy atom. The molecule has 222 valence electrons. The fourth-order valence-corrected chi connectivity index (χ4v) is 4.58. The number of fused-ring (bicyclic) bond motifs is 1. The van der Waals surface area contributed by atoms with Crippen molar-refractivity contribution in [3.8, 4) is 11.5 Å². The second-order valence-corrected chi connectivity index (χ2v) is 10.7. The Balaban J connectivity index is 1.40. The Labute approximate surface area is 242 Å². The number of hydrogen-bond donors (Lipinski definition) is 0. The van der Waals surface area contributed by atoms with Crippen molar-refractivity contribution in [1.82, 2.24) is 9.47 Å². The van der Waals surface area contributed by atoms with E-state index in [0.717, 1.165) is 29.4 Å². The third-order valence-corrected chi connectivity index (χ3v) is 6.99. The van der Waals surface area contributed by atoms with Crippen LogP contribution in [-0.4, -0.2) is 56.0 Å². The van der Waals surface area contributed by atoms with Crippen LogP contribution in [-0.2, 0) is 40.8 Å². The van der Waals surface area contributed by atoms with Gasteiger partial charge in [-0.1, -0.05) is 54.6 Å². The highest BCUT2D eigenvalue weighted by molar-refractivity contribution is 7.48. The first-order chi connectivity index (χ1) is 20.3. The Kier molecular flexibility index (Phi) is 11.1. The molecule has 0 saturated carbocycles. The number of para-hydroxylation sites is 3. The zero-order valence-corrected chi connectivity index (χ0v) is 24.0. The molecule has 42 heavy (non-hydrogen) atoms. The minimum absolute atomic E-state index is 0.244. The Bertz CT molecular complexity index is 1430. The lowest BCUT2D eigenvalue weighted by Gasteiger charge is -2.18. The number of likely N-dealkylation sites (N-methyl/N-ethyl adjacent to an activating group) is 1. The van der Waals surface area contributed by atoms with Crippen LogP contribution in [0.25, 0.3) is 10.9 Å². The largest absolute Gasteiger partial charge is 0.515 e. The molecule has 0 spiro atoms. The van der Waals surface area contributed by atoms with E-state index in [1.165, 1.54) is 0 Å². The molecular formula is C29H31N2O10P. The molecule has 0 radical (unpaired) electrons. The summed E-state index contributed by atoms with van der Waals surface area (Å²) in [5, 5.41) is 1.01. The zero-order chi connectivity index (χ0) is 29.8. The smallest absolute Gasteiger partial charge is 0.406 e.